The zero-order valence-electron chi connectivity index (χ0n) is 10.9. The van der Waals surface area contributed by atoms with Crippen LogP contribution in [0.4, 0.5) is 4.39 Å². The second-order valence-corrected chi connectivity index (χ2v) is 6.36. The van der Waals surface area contributed by atoms with Crippen molar-refractivity contribution in [2.45, 2.75) is 30.5 Å². The maximum Gasteiger partial charge on any atom is 0.128 e. The van der Waals surface area contributed by atoms with E-state index < -0.39 is 0 Å². The lowest BCUT2D eigenvalue weighted by molar-refractivity contribution is 0.0455. The molecule has 100 valence electrons. The van der Waals surface area contributed by atoms with Crippen molar-refractivity contribution in [3.63, 3.8) is 0 Å². The molecule has 1 N–H and O–H groups in total. The van der Waals surface area contributed by atoms with Crippen LogP contribution in [0, 0.1) is 11.7 Å². The van der Waals surface area contributed by atoms with Crippen molar-refractivity contribution in [3.05, 3.63) is 29.6 Å². The third-order valence-corrected chi connectivity index (χ3v) is 4.07. The minimum atomic E-state index is -0.114. The summed E-state index contributed by atoms with van der Waals surface area (Å²) in [6.07, 6.45) is 0. The van der Waals surface area contributed by atoms with Crippen molar-refractivity contribution >= 4 is 11.8 Å². The monoisotopic (exact) mass is 269 g/mol. The fraction of sp³-hybridized carbons (Fsp3) is 0.571. The van der Waals surface area contributed by atoms with E-state index in [0.717, 1.165) is 30.2 Å². The average Bonchev–Trinajstić information content (AvgIpc) is 2.26. The molecule has 1 aromatic rings. The minimum Gasteiger partial charge on any atom is -0.379 e. The van der Waals surface area contributed by atoms with Gasteiger partial charge in [-0.05, 0) is 24.6 Å². The van der Waals surface area contributed by atoms with Gasteiger partial charge in [-0.15, -0.1) is 11.8 Å². The summed E-state index contributed by atoms with van der Waals surface area (Å²) in [5, 5.41) is 3.79. The molecule has 1 aromatic carbocycles. The van der Waals surface area contributed by atoms with Crippen molar-refractivity contribution in [1.82, 2.24) is 5.32 Å². The number of rotatable bonds is 6. The molecule has 0 unspecified atom stereocenters. The van der Waals surface area contributed by atoms with Crippen LogP contribution in [0.1, 0.15) is 19.4 Å². The topological polar surface area (TPSA) is 21.3 Å². The first-order valence-electron chi connectivity index (χ1n) is 6.39. The highest BCUT2D eigenvalue weighted by Gasteiger charge is 2.21. The van der Waals surface area contributed by atoms with E-state index in [1.807, 2.05) is 6.07 Å². The predicted octanol–water partition coefficient (Wildman–Crippen LogP) is 3.06. The van der Waals surface area contributed by atoms with Crippen LogP contribution in [-0.2, 0) is 11.3 Å². The Balaban J connectivity index is 2.00. The Morgan fingerprint density at radius 3 is 2.83 bits per heavy atom. The first-order valence-corrected chi connectivity index (χ1v) is 7.27. The van der Waals surface area contributed by atoms with Gasteiger partial charge in [0, 0.05) is 17.0 Å². The van der Waals surface area contributed by atoms with Gasteiger partial charge in [0.05, 0.1) is 18.5 Å². The van der Waals surface area contributed by atoms with E-state index in [9.17, 15) is 4.39 Å². The molecule has 18 heavy (non-hydrogen) atoms. The summed E-state index contributed by atoms with van der Waals surface area (Å²) in [6, 6.07) is 5.31. The Bertz CT molecular complexity index is 393. The number of halogens is 1. The molecule has 1 saturated heterocycles. The maximum atomic E-state index is 13.9. The molecule has 1 heterocycles. The molecule has 0 atom stereocenters. The van der Waals surface area contributed by atoms with Crippen molar-refractivity contribution in [3.8, 4) is 0 Å². The molecule has 4 heteroatoms. The summed E-state index contributed by atoms with van der Waals surface area (Å²) in [5.74, 6) is 0.462. The number of hydrogen-bond acceptors (Lipinski definition) is 3. The standard InChI is InChI=1S/C14H20FNOS/c1-10(2)6-16-7-12-13(15)4-3-5-14(12)18-11-8-17-9-11/h3-5,10-11,16H,6-9H2,1-2H3. The highest BCUT2D eigenvalue weighted by atomic mass is 32.2. The number of nitrogens with one attached hydrogen (secondary N) is 1. The normalized spacial score (nSPS) is 16.0. The second-order valence-electron chi connectivity index (χ2n) is 5.02. The van der Waals surface area contributed by atoms with Crippen LogP contribution in [0.25, 0.3) is 0 Å². The smallest absolute Gasteiger partial charge is 0.128 e. The fourth-order valence-electron chi connectivity index (χ4n) is 1.77. The third-order valence-electron chi connectivity index (χ3n) is 2.83. The van der Waals surface area contributed by atoms with Crippen LogP contribution in [0.2, 0.25) is 0 Å². The van der Waals surface area contributed by atoms with E-state index in [2.05, 4.69) is 19.2 Å². The first kappa shape index (κ1) is 13.8. The lowest BCUT2D eigenvalue weighted by Crippen LogP contribution is -2.30. The zero-order chi connectivity index (χ0) is 13.0. The van der Waals surface area contributed by atoms with Crippen molar-refractivity contribution in [1.29, 1.82) is 0 Å². The van der Waals surface area contributed by atoms with Crippen LogP contribution < -0.4 is 5.32 Å². The van der Waals surface area contributed by atoms with Crippen LogP contribution in [0.15, 0.2) is 23.1 Å². The Hall–Kier alpha value is -0.580. The summed E-state index contributed by atoms with van der Waals surface area (Å²) in [4.78, 5) is 1.04. The molecule has 1 aliphatic rings. The molecule has 0 radical (unpaired) electrons. The molecule has 0 amide bonds. The van der Waals surface area contributed by atoms with Crippen LogP contribution in [-0.4, -0.2) is 25.0 Å². The predicted molar refractivity (Wildman–Crippen MR) is 73.4 cm³/mol. The molecule has 0 saturated carbocycles. The Kier molecular flexibility index (Phi) is 5.03. The molecular weight excluding hydrogens is 249 g/mol. The summed E-state index contributed by atoms with van der Waals surface area (Å²) < 4.78 is 19.0. The number of hydrogen-bond donors (Lipinski definition) is 1. The van der Waals surface area contributed by atoms with Gasteiger partial charge in [-0.2, -0.15) is 0 Å². The third kappa shape index (κ3) is 3.70. The Morgan fingerprint density at radius 1 is 1.44 bits per heavy atom. The summed E-state index contributed by atoms with van der Waals surface area (Å²) in [6.45, 7) is 7.36. The van der Waals surface area contributed by atoms with E-state index in [-0.39, 0.29) is 5.82 Å². The van der Waals surface area contributed by atoms with Gasteiger partial charge in [0.1, 0.15) is 5.82 Å². The van der Waals surface area contributed by atoms with Gasteiger partial charge in [0.2, 0.25) is 0 Å². The van der Waals surface area contributed by atoms with Crippen LogP contribution >= 0.6 is 11.8 Å². The Morgan fingerprint density at radius 2 is 2.22 bits per heavy atom. The molecule has 1 fully saturated rings. The highest BCUT2D eigenvalue weighted by Crippen LogP contribution is 2.31. The first-order chi connectivity index (χ1) is 8.66. The lowest BCUT2D eigenvalue weighted by Gasteiger charge is -2.26. The SMILES string of the molecule is CC(C)CNCc1c(F)cccc1SC1COC1. The van der Waals surface area contributed by atoms with Crippen LogP contribution in [0.5, 0.6) is 0 Å². The second kappa shape index (κ2) is 6.55. The summed E-state index contributed by atoms with van der Waals surface area (Å²) >= 11 is 1.72. The summed E-state index contributed by atoms with van der Waals surface area (Å²) in [5.41, 5.74) is 0.787. The van der Waals surface area contributed by atoms with Gasteiger partial charge in [-0.3, -0.25) is 0 Å². The molecular formula is C14H20FNOS. The molecule has 0 aliphatic carbocycles. The van der Waals surface area contributed by atoms with Crippen molar-refractivity contribution in [2.75, 3.05) is 19.8 Å². The van der Waals surface area contributed by atoms with Gasteiger partial charge < -0.3 is 10.1 Å². The van der Waals surface area contributed by atoms with E-state index in [1.165, 1.54) is 6.07 Å². The van der Waals surface area contributed by atoms with E-state index >= 15 is 0 Å². The van der Waals surface area contributed by atoms with Gasteiger partial charge in [0.25, 0.3) is 0 Å². The number of ether oxygens (including phenoxy) is 1. The van der Waals surface area contributed by atoms with Gasteiger partial charge in [0.15, 0.2) is 0 Å². The minimum absolute atomic E-state index is 0.114. The molecule has 0 bridgehead atoms. The van der Waals surface area contributed by atoms with Gasteiger partial charge in [-0.25, -0.2) is 4.39 Å². The Labute approximate surface area is 112 Å². The van der Waals surface area contributed by atoms with E-state index in [1.54, 1.807) is 17.8 Å². The molecule has 0 spiro atoms. The molecule has 2 nitrogen and oxygen atoms in total. The molecule has 1 aliphatic heterocycles. The van der Waals surface area contributed by atoms with E-state index in [4.69, 9.17) is 4.74 Å². The van der Waals surface area contributed by atoms with Crippen molar-refractivity contribution in [2.24, 2.45) is 5.92 Å². The largest absolute Gasteiger partial charge is 0.379 e. The van der Waals surface area contributed by atoms with Gasteiger partial charge in [-0.1, -0.05) is 19.9 Å². The highest BCUT2D eigenvalue weighted by molar-refractivity contribution is 8.00. The summed E-state index contributed by atoms with van der Waals surface area (Å²) in [7, 11) is 0. The average molecular weight is 269 g/mol. The molecule has 2 rings (SSSR count). The quantitative estimate of drug-likeness (QED) is 0.857. The number of benzene rings is 1. The van der Waals surface area contributed by atoms with Crippen molar-refractivity contribution < 1.29 is 9.13 Å². The maximum absolute atomic E-state index is 13.9. The van der Waals surface area contributed by atoms with E-state index in [0.29, 0.717) is 17.7 Å². The zero-order valence-corrected chi connectivity index (χ0v) is 11.7. The molecule has 0 aromatic heterocycles. The lowest BCUT2D eigenvalue weighted by atomic mass is 10.2. The number of thioether (sulfide) groups is 1. The fourth-order valence-corrected chi connectivity index (χ4v) is 2.93. The van der Waals surface area contributed by atoms with Gasteiger partial charge >= 0.3 is 0 Å². The van der Waals surface area contributed by atoms with Crippen LogP contribution in [0.3, 0.4) is 0 Å².